The summed E-state index contributed by atoms with van der Waals surface area (Å²) < 4.78 is 0. The average molecular weight is 285 g/mol. The fourth-order valence-electron chi connectivity index (χ4n) is 3.08. The van der Waals surface area contributed by atoms with Crippen molar-refractivity contribution in [2.75, 3.05) is 5.75 Å². The van der Waals surface area contributed by atoms with Crippen LogP contribution in [0.1, 0.15) is 51.9 Å². The first-order valence-electron chi connectivity index (χ1n) is 7.28. The van der Waals surface area contributed by atoms with Crippen LogP contribution >= 0.6 is 11.8 Å². The monoisotopic (exact) mass is 285 g/mol. The maximum absolute atomic E-state index is 12.6. The molecule has 2 aliphatic rings. The van der Waals surface area contributed by atoms with Gasteiger partial charge >= 0.3 is 5.97 Å². The van der Waals surface area contributed by atoms with Crippen LogP contribution in [0.4, 0.5) is 0 Å². The van der Waals surface area contributed by atoms with E-state index in [1.807, 2.05) is 6.92 Å². The lowest BCUT2D eigenvalue weighted by Gasteiger charge is -2.30. The van der Waals surface area contributed by atoms with Crippen molar-refractivity contribution >= 4 is 23.6 Å². The number of carboxylic acids is 1. The molecule has 19 heavy (non-hydrogen) atoms. The molecule has 0 aromatic rings. The third-order valence-corrected chi connectivity index (χ3v) is 5.43. The minimum absolute atomic E-state index is 0.000888. The zero-order valence-corrected chi connectivity index (χ0v) is 12.3. The summed E-state index contributed by atoms with van der Waals surface area (Å²) in [5.74, 6) is -0.222. The Morgan fingerprint density at radius 1 is 1.11 bits per heavy atom. The molecule has 2 atom stereocenters. The van der Waals surface area contributed by atoms with Crippen LogP contribution in [0.15, 0.2) is 0 Å². The summed E-state index contributed by atoms with van der Waals surface area (Å²) in [6, 6.07) is -0.627. The molecule has 1 aliphatic carbocycles. The van der Waals surface area contributed by atoms with Crippen molar-refractivity contribution < 1.29 is 14.7 Å². The lowest BCUT2D eigenvalue weighted by Crippen LogP contribution is -2.47. The second-order valence-electron chi connectivity index (χ2n) is 5.57. The molecular weight excluding hydrogens is 262 g/mol. The summed E-state index contributed by atoms with van der Waals surface area (Å²) in [5, 5.41) is 9.24. The highest BCUT2D eigenvalue weighted by atomic mass is 32.2. The summed E-state index contributed by atoms with van der Waals surface area (Å²) in [6.07, 6.45) is 7.74. The number of amides is 1. The molecule has 0 spiro atoms. The van der Waals surface area contributed by atoms with Crippen molar-refractivity contribution in [3.8, 4) is 0 Å². The lowest BCUT2D eigenvalue weighted by atomic mass is 9.90. The molecule has 2 fully saturated rings. The number of aliphatic carboxylic acids is 1. The highest BCUT2D eigenvalue weighted by Crippen LogP contribution is 2.33. The topological polar surface area (TPSA) is 57.6 Å². The summed E-state index contributed by atoms with van der Waals surface area (Å²) >= 11 is 1.57. The zero-order chi connectivity index (χ0) is 13.8. The van der Waals surface area contributed by atoms with Crippen LogP contribution in [0.5, 0.6) is 0 Å². The molecule has 1 saturated heterocycles. The zero-order valence-electron chi connectivity index (χ0n) is 11.5. The number of hydrogen-bond acceptors (Lipinski definition) is 3. The molecule has 1 amide bonds. The van der Waals surface area contributed by atoms with E-state index < -0.39 is 12.0 Å². The Morgan fingerprint density at radius 3 is 2.26 bits per heavy atom. The third kappa shape index (κ3) is 3.44. The van der Waals surface area contributed by atoms with Crippen molar-refractivity contribution in [1.29, 1.82) is 0 Å². The van der Waals surface area contributed by atoms with Crippen LogP contribution in [0.2, 0.25) is 0 Å². The molecule has 4 nitrogen and oxygen atoms in total. The largest absolute Gasteiger partial charge is 0.480 e. The van der Waals surface area contributed by atoms with Crippen molar-refractivity contribution in [2.45, 2.75) is 63.3 Å². The number of hydrogen-bond donors (Lipinski definition) is 1. The van der Waals surface area contributed by atoms with Crippen LogP contribution in [0, 0.1) is 5.92 Å². The standard InChI is InChI=1S/C14H23NO3S/c1-10-15(12(9-19-10)14(17)18)13(16)11-7-5-3-2-4-6-8-11/h10-12H,2-9H2,1H3,(H,17,18). The van der Waals surface area contributed by atoms with Gasteiger partial charge in [-0.05, 0) is 19.8 Å². The van der Waals surface area contributed by atoms with E-state index >= 15 is 0 Å². The Morgan fingerprint density at radius 2 is 1.68 bits per heavy atom. The van der Waals surface area contributed by atoms with E-state index in [-0.39, 0.29) is 17.2 Å². The first kappa shape index (κ1) is 14.7. The summed E-state index contributed by atoms with van der Waals surface area (Å²) in [4.78, 5) is 25.5. The molecule has 0 bridgehead atoms. The number of carbonyl (C=O) groups excluding carboxylic acids is 1. The number of rotatable bonds is 2. The fraction of sp³-hybridized carbons (Fsp3) is 0.857. The van der Waals surface area contributed by atoms with Gasteiger partial charge in [0.2, 0.25) is 5.91 Å². The molecule has 0 radical (unpaired) electrons. The van der Waals surface area contributed by atoms with Crippen LogP contribution in [-0.2, 0) is 9.59 Å². The van der Waals surface area contributed by atoms with E-state index in [4.69, 9.17) is 0 Å². The van der Waals surface area contributed by atoms with Crippen LogP contribution in [0.25, 0.3) is 0 Å². The second kappa shape index (κ2) is 6.64. The number of carbonyl (C=O) groups is 2. The Hall–Kier alpha value is -0.710. The summed E-state index contributed by atoms with van der Waals surface area (Å²) in [5.41, 5.74) is 0. The number of nitrogens with zero attached hydrogens (tertiary/aromatic N) is 1. The average Bonchev–Trinajstić information content (AvgIpc) is 2.70. The van der Waals surface area contributed by atoms with Gasteiger partial charge in [0.25, 0.3) is 0 Å². The lowest BCUT2D eigenvalue weighted by molar-refractivity contribution is -0.151. The van der Waals surface area contributed by atoms with Gasteiger partial charge in [0.15, 0.2) is 0 Å². The first-order valence-corrected chi connectivity index (χ1v) is 8.32. The molecule has 2 unspecified atom stereocenters. The molecule has 1 aliphatic heterocycles. The van der Waals surface area contributed by atoms with Crippen molar-refractivity contribution in [3.05, 3.63) is 0 Å². The van der Waals surface area contributed by atoms with Gasteiger partial charge in [-0.15, -0.1) is 11.8 Å². The SMILES string of the molecule is CC1SCC(C(=O)O)N1C(=O)C1CCCCCCC1. The van der Waals surface area contributed by atoms with Crippen LogP contribution < -0.4 is 0 Å². The predicted molar refractivity (Wildman–Crippen MR) is 76.0 cm³/mol. The predicted octanol–water partition coefficient (Wildman–Crippen LogP) is 2.72. The summed E-state index contributed by atoms with van der Waals surface area (Å²) in [7, 11) is 0. The normalized spacial score (nSPS) is 29.8. The molecule has 1 saturated carbocycles. The van der Waals surface area contributed by atoms with Crippen molar-refractivity contribution in [2.24, 2.45) is 5.92 Å². The number of carboxylic acid groups (broad SMARTS) is 1. The molecule has 0 aromatic heterocycles. The molecular formula is C14H23NO3S. The molecule has 108 valence electrons. The van der Waals surface area contributed by atoms with Gasteiger partial charge in [0, 0.05) is 11.7 Å². The third-order valence-electron chi connectivity index (χ3n) is 4.22. The molecule has 5 heteroatoms. The van der Waals surface area contributed by atoms with Gasteiger partial charge in [0.1, 0.15) is 6.04 Å². The second-order valence-corrected chi connectivity index (χ2v) is 6.92. The van der Waals surface area contributed by atoms with Gasteiger partial charge in [0.05, 0.1) is 5.37 Å². The minimum Gasteiger partial charge on any atom is -0.480 e. The minimum atomic E-state index is -0.865. The Bertz CT molecular complexity index is 340. The first-order chi connectivity index (χ1) is 9.11. The van der Waals surface area contributed by atoms with E-state index in [2.05, 4.69) is 0 Å². The highest BCUT2D eigenvalue weighted by Gasteiger charge is 2.41. The molecule has 1 heterocycles. The van der Waals surface area contributed by atoms with Gasteiger partial charge in [-0.25, -0.2) is 4.79 Å². The number of thioether (sulfide) groups is 1. The van der Waals surface area contributed by atoms with E-state index in [1.54, 1.807) is 16.7 Å². The van der Waals surface area contributed by atoms with Crippen LogP contribution in [-0.4, -0.2) is 39.1 Å². The van der Waals surface area contributed by atoms with Gasteiger partial charge in [-0.1, -0.05) is 32.1 Å². The quantitative estimate of drug-likeness (QED) is 0.847. The maximum Gasteiger partial charge on any atom is 0.327 e. The van der Waals surface area contributed by atoms with E-state index in [1.165, 1.54) is 19.3 Å². The summed E-state index contributed by atoms with van der Waals surface area (Å²) in [6.45, 7) is 1.94. The molecule has 0 aromatic carbocycles. The Kier molecular flexibility index (Phi) is 5.13. The Balaban J connectivity index is 2.05. The van der Waals surface area contributed by atoms with Gasteiger partial charge < -0.3 is 10.0 Å². The van der Waals surface area contributed by atoms with E-state index in [9.17, 15) is 14.7 Å². The fourth-order valence-corrected chi connectivity index (χ4v) is 4.26. The van der Waals surface area contributed by atoms with Crippen LogP contribution in [0.3, 0.4) is 0 Å². The molecule has 2 rings (SSSR count). The van der Waals surface area contributed by atoms with E-state index in [0.717, 1.165) is 25.7 Å². The van der Waals surface area contributed by atoms with Gasteiger partial charge in [-0.2, -0.15) is 0 Å². The smallest absolute Gasteiger partial charge is 0.327 e. The van der Waals surface area contributed by atoms with E-state index in [0.29, 0.717) is 5.75 Å². The Labute approximate surface area is 118 Å². The maximum atomic E-state index is 12.6. The van der Waals surface area contributed by atoms with Crippen molar-refractivity contribution in [1.82, 2.24) is 4.90 Å². The molecule has 1 N–H and O–H groups in total. The van der Waals surface area contributed by atoms with Crippen molar-refractivity contribution in [3.63, 3.8) is 0 Å². The highest BCUT2D eigenvalue weighted by molar-refractivity contribution is 8.00. The van der Waals surface area contributed by atoms with Gasteiger partial charge in [-0.3, -0.25) is 4.79 Å².